The second-order valence-electron chi connectivity index (χ2n) is 4.64. The summed E-state index contributed by atoms with van der Waals surface area (Å²) in [5, 5.41) is 3.15. The first-order valence-corrected chi connectivity index (χ1v) is 8.33. The Kier molecular flexibility index (Phi) is 4.95. The smallest absolute Gasteiger partial charge is 0.263 e. The van der Waals surface area contributed by atoms with Gasteiger partial charge in [0.05, 0.1) is 18.9 Å². The zero-order chi connectivity index (χ0) is 14.6. The highest BCUT2D eigenvalue weighted by molar-refractivity contribution is 7.89. The van der Waals surface area contributed by atoms with Crippen LogP contribution in [-0.2, 0) is 14.8 Å². The van der Waals surface area contributed by atoms with Gasteiger partial charge in [-0.05, 0) is 25.5 Å². The third-order valence-electron chi connectivity index (χ3n) is 3.34. The molecule has 0 aliphatic carbocycles. The first kappa shape index (κ1) is 15.2. The summed E-state index contributed by atoms with van der Waals surface area (Å²) in [5.41, 5.74) is 0.552. The van der Waals surface area contributed by atoms with Gasteiger partial charge in [-0.2, -0.15) is 4.31 Å². The average molecular weight is 299 g/mol. The summed E-state index contributed by atoms with van der Waals surface area (Å²) < 4.78 is 32.5. The number of sulfonamides is 1. The zero-order valence-electron chi connectivity index (χ0n) is 11.9. The first-order valence-electron chi connectivity index (χ1n) is 6.89. The fourth-order valence-corrected chi connectivity index (χ4v) is 4.06. The van der Waals surface area contributed by atoms with E-state index in [1.165, 1.54) is 10.5 Å². The number of hydrogen-bond donors (Lipinski definition) is 1. The van der Waals surface area contributed by atoms with Gasteiger partial charge in [-0.25, -0.2) is 13.4 Å². The van der Waals surface area contributed by atoms with Crippen molar-refractivity contribution in [3.63, 3.8) is 0 Å². The molecular weight excluding hydrogens is 278 g/mol. The molecule has 1 unspecified atom stereocenters. The van der Waals surface area contributed by atoms with E-state index in [0.717, 1.165) is 6.42 Å². The molecule has 20 heavy (non-hydrogen) atoms. The highest BCUT2D eigenvalue weighted by Crippen LogP contribution is 2.25. The number of morpholine rings is 1. The highest BCUT2D eigenvalue weighted by atomic mass is 32.2. The minimum Gasteiger partial charge on any atom is -0.383 e. The molecule has 6 nitrogen and oxygen atoms in total. The van der Waals surface area contributed by atoms with Crippen LogP contribution in [0.2, 0.25) is 0 Å². The van der Waals surface area contributed by atoms with Gasteiger partial charge in [-0.15, -0.1) is 0 Å². The van der Waals surface area contributed by atoms with Crippen molar-refractivity contribution in [2.75, 3.05) is 31.6 Å². The Balaban J connectivity index is 2.38. The number of nitrogens with one attached hydrogen (secondary N) is 1. The van der Waals surface area contributed by atoms with Crippen molar-refractivity contribution in [1.29, 1.82) is 0 Å². The molecule has 0 amide bonds. The van der Waals surface area contributed by atoms with E-state index in [9.17, 15) is 8.42 Å². The summed E-state index contributed by atoms with van der Waals surface area (Å²) in [6.45, 7) is 5.79. The Morgan fingerprint density at radius 2 is 2.30 bits per heavy atom. The van der Waals surface area contributed by atoms with Gasteiger partial charge in [0, 0.05) is 25.3 Å². The van der Waals surface area contributed by atoms with Gasteiger partial charge < -0.3 is 10.1 Å². The van der Waals surface area contributed by atoms with E-state index < -0.39 is 10.0 Å². The van der Waals surface area contributed by atoms with Gasteiger partial charge in [0.2, 0.25) is 0 Å². The van der Waals surface area contributed by atoms with E-state index >= 15 is 0 Å². The Bertz CT molecular complexity index is 548. The molecule has 1 aliphatic heterocycles. The molecule has 0 saturated carbocycles. The van der Waals surface area contributed by atoms with Crippen LogP contribution < -0.4 is 5.32 Å². The molecule has 0 spiro atoms. The van der Waals surface area contributed by atoms with Crippen molar-refractivity contribution in [1.82, 2.24) is 9.29 Å². The SMILES string of the molecule is CCNc1cccnc1S(=O)(=O)N1CCOCC1CC. The lowest BCUT2D eigenvalue weighted by molar-refractivity contribution is 0.0313. The number of hydrogen-bond acceptors (Lipinski definition) is 5. The second-order valence-corrected chi connectivity index (χ2v) is 6.45. The number of rotatable bonds is 5. The van der Waals surface area contributed by atoms with Crippen LogP contribution in [0.3, 0.4) is 0 Å². The lowest BCUT2D eigenvalue weighted by atomic mass is 10.2. The third kappa shape index (κ3) is 2.94. The fourth-order valence-electron chi connectivity index (χ4n) is 2.31. The summed E-state index contributed by atoms with van der Waals surface area (Å²) in [4.78, 5) is 4.08. The largest absolute Gasteiger partial charge is 0.383 e. The number of nitrogens with zero attached hydrogens (tertiary/aromatic N) is 2. The Morgan fingerprint density at radius 3 is 3.00 bits per heavy atom. The molecular formula is C13H21N3O3S. The molecule has 1 fully saturated rings. The number of aromatic nitrogens is 1. The molecule has 7 heteroatoms. The van der Waals surface area contributed by atoms with Crippen LogP contribution in [0.5, 0.6) is 0 Å². The van der Waals surface area contributed by atoms with Crippen molar-refractivity contribution in [3.05, 3.63) is 18.3 Å². The van der Waals surface area contributed by atoms with Gasteiger partial charge in [0.15, 0.2) is 5.03 Å². The summed E-state index contributed by atoms with van der Waals surface area (Å²) in [6.07, 6.45) is 2.23. The Hall–Kier alpha value is -1.18. The quantitative estimate of drug-likeness (QED) is 0.887. The van der Waals surface area contributed by atoms with Gasteiger partial charge in [-0.3, -0.25) is 0 Å². The van der Waals surface area contributed by atoms with Crippen molar-refractivity contribution < 1.29 is 13.2 Å². The van der Waals surface area contributed by atoms with Crippen molar-refractivity contribution in [2.24, 2.45) is 0 Å². The normalized spacial score (nSPS) is 20.8. The van der Waals surface area contributed by atoms with Crippen molar-refractivity contribution >= 4 is 15.7 Å². The number of ether oxygens (including phenoxy) is 1. The maximum absolute atomic E-state index is 12.8. The molecule has 0 aromatic carbocycles. The van der Waals surface area contributed by atoms with E-state index in [4.69, 9.17) is 4.74 Å². The summed E-state index contributed by atoms with van der Waals surface area (Å²) in [7, 11) is -3.60. The molecule has 1 aliphatic rings. The van der Waals surface area contributed by atoms with Crippen LogP contribution in [0.25, 0.3) is 0 Å². The van der Waals surface area contributed by atoms with Crippen LogP contribution in [0.4, 0.5) is 5.69 Å². The molecule has 2 heterocycles. The zero-order valence-corrected chi connectivity index (χ0v) is 12.7. The fraction of sp³-hybridized carbons (Fsp3) is 0.615. The molecule has 1 aromatic rings. The predicted octanol–water partition coefficient (Wildman–Crippen LogP) is 1.31. The summed E-state index contributed by atoms with van der Waals surface area (Å²) >= 11 is 0. The van der Waals surface area contributed by atoms with Gasteiger partial charge in [0.25, 0.3) is 10.0 Å². The summed E-state index contributed by atoms with van der Waals surface area (Å²) in [6, 6.07) is 3.35. The summed E-state index contributed by atoms with van der Waals surface area (Å²) in [5.74, 6) is 0. The van der Waals surface area contributed by atoms with Gasteiger partial charge >= 0.3 is 0 Å². The van der Waals surface area contributed by atoms with Crippen molar-refractivity contribution in [2.45, 2.75) is 31.3 Å². The highest BCUT2D eigenvalue weighted by Gasteiger charge is 2.35. The molecule has 0 radical (unpaired) electrons. The van der Waals surface area contributed by atoms with Crippen molar-refractivity contribution in [3.8, 4) is 0 Å². The van der Waals surface area contributed by atoms with E-state index in [1.807, 2.05) is 13.8 Å². The number of anilines is 1. The maximum Gasteiger partial charge on any atom is 0.263 e. The minimum atomic E-state index is -3.60. The van der Waals surface area contributed by atoms with Crippen LogP contribution in [0, 0.1) is 0 Å². The Morgan fingerprint density at radius 1 is 1.50 bits per heavy atom. The minimum absolute atomic E-state index is 0.0993. The van der Waals surface area contributed by atoms with Gasteiger partial charge in [0.1, 0.15) is 0 Å². The van der Waals surface area contributed by atoms with Gasteiger partial charge in [-0.1, -0.05) is 6.92 Å². The van der Waals surface area contributed by atoms with Crippen LogP contribution >= 0.6 is 0 Å². The molecule has 2 rings (SSSR count). The topological polar surface area (TPSA) is 71.5 Å². The Labute approximate surface area is 120 Å². The molecule has 1 N–H and O–H groups in total. The first-order chi connectivity index (χ1) is 9.61. The van der Waals surface area contributed by atoms with E-state index in [-0.39, 0.29) is 11.1 Å². The molecule has 112 valence electrons. The van der Waals surface area contributed by atoms with Crippen LogP contribution in [0.1, 0.15) is 20.3 Å². The van der Waals surface area contributed by atoms with E-state index in [0.29, 0.717) is 32.0 Å². The molecule has 1 aromatic heterocycles. The number of pyridine rings is 1. The third-order valence-corrected chi connectivity index (χ3v) is 5.25. The van der Waals surface area contributed by atoms with Crippen LogP contribution in [-0.4, -0.2) is 50.1 Å². The second kappa shape index (κ2) is 6.51. The monoisotopic (exact) mass is 299 g/mol. The van der Waals surface area contributed by atoms with E-state index in [1.54, 1.807) is 12.1 Å². The lowest BCUT2D eigenvalue weighted by Crippen LogP contribution is -2.48. The average Bonchev–Trinajstić information content (AvgIpc) is 2.48. The standard InChI is InChI=1S/C13H21N3O3S/c1-3-11-10-19-9-8-16(11)20(17,18)13-12(14-4-2)6-5-7-15-13/h5-7,11,14H,3-4,8-10H2,1-2H3. The van der Waals surface area contributed by atoms with E-state index in [2.05, 4.69) is 10.3 Å². The molecule has 1 atom stereocenters. The van der Waals surface area contributed by atoms with Crippen LogP contribution in [0.15, 0.2) is 23.4 Å². The molecule has 1 saturated heterocycles. The maximum atomic E-state index is 12.8. The predicted molar refractivity (Wildman–Crippen MR) is 77.2 cm³/mol. The lowest BCUT2D eigenvalue weighted by Gasteiger charge is -2.33. The molecule has 0 bridgehead atoms.